The zero-order chi connectivity index (χ0) is 12.8. The number of rotatable bonds is 4. The first-order chi connectivity index (χ1) is 8.08. The second kappa shape index (κ2) is 6.30. The van der Waals surface area contributed by atoms with Gasteiger partial charge in [-0.3, -0.25) is 5.32 Å². The van der Waals surface area contributed by atoms with E-state index in [1.165, 1.54) is 0 Å². The van der Waals surface area contributed by atoms with Crippen LogP contribution in [-0.4, -0.2) is 6.04 Å². The molecule has 1 rings (SSSR count). The second-order valence-corrected chi connectivity index (χ2v) is 4.59. The van der Waals surface area contributed by atoms with Crippen LogP contribution < -0.4 is 5.32 Å². The third-order valence-electron chi connectivity index (χ3n) is 2.54. The summed E-state index contributed by atoms with van der Waals surface area (Å²) in [6.07, 6.45) is 5.43. The van der Waals surface area contributed by atoms with Gasteiger partial charge in [0.1, 0.15) is 0 Å². The number of halogens is 1. The van der Waals surface area contributed by atoms with Crippen LogP contribution in [0.4, 0.5) is 0 Å². The standard InChI is InChI=1S/C14H15ClN2/c1-4-14(10(2)3)17-9-12-6-5-11(8-16)7-13(12)15/h1,5-7,10,14,17H,9H2,2-3H3. The van der Waals surface area contributed by atoms with Gasteiger partial charge in [-0.2, -0.15) is 5.26 Å². The molecule has 0 aliphatic heterocycles. The summed E-state index contributed by atoms with van der Waals surface area (Å²) < 4.78 is 0. The molecule has 1 unspecified atom stereocenters. The van der Waals surface area contributed by atoms with Crippen molar-refractivity contribution in [3.8, 4) is 18.4 Å². The van der Waals surface area contributed by atoms with Crippen molar-refractivity contribution in [2.75, 3.05) is 0 Å². The van der Waals surface area contributed by atoms with E-state index in [1.54, 1.807) is 12.1 Å². The number of nitriles is 1. The molecular weight excluding hydrogens is 232 g/mol. The molecule has 0 spiro atoms. The molecule has 0 heterocycles. The Hall–Kier alpha value is -1.48. The fourth-order valence-electron chi connectivity index (χ4n) is 1.47. The Kier molecular flexibility index (Phi) is 5.04. The molecule has 1 atom stereocenters. The summed E-state index contributed by atoms with van der Waals surface area (Å²) in [5.41, 5.74) is 1.52. The molecule has 0 aliphatic rings. The average Bonchev–Trinajstić information content (AvgIpc) is 2.31. The molecule has 1 N–H and O–H groups in total. The number of nitrogens with zero attached hydrogens (tertiary/aromatic N) is 1. The summed E-state index contributed by atoms with van der Waals surface area (Å²) in [7, 11) is 0. The quantitative estimate of drug-likeness (QED) is 0.830. The summed E-state index contributed by atoms with van der Waals surface area (Å²) in [4.78, 5) is 0. The van der Waals surface area contributed by atoms with Gasteiger partial charge < -0.3 is 0 Å². The summed E-state index contributed by atoms with van der Waals surface area (Å²) in [6, 6.07) is 7.35. The fourth-order valence-corrected chi connectivity index (χ4v) is 1.71. The molecule has 0 amide bonds. The molecule has 88 valence electrons. The summed E-state index contributed by atoms with van der Waals surface area (Å²) >= 11 is 6.07. The monoisotopic (exact) mass is 246 g/mol. The van der Waals surface area contributed by atoms with E-state index in [-0.39, 0.29) is 6.04 Å². The van der Waals surface area contributed by atoms with Crippen LogP contribution in [0.15, 0.2) is 18.2 Å². The Morgan fingerprint density at radius 2 is 2.18 bits per heavy atom. The van der Waals surface area contributed by atoms with Gasteiger partial charge in [0.2, 0.25) is 0 Å². The van der Waals surface area contributed by atoms with Gasteiger partial charge in [-0.25, -0.2) is 0 Å². The highest BCUT2D eigenvalue weighted by Gasteiger charge is 2.10. The minimum Gasteiger partial charge on any atom is -0.299 e. The van der Waals surface area contributed by atoms with E-state index in [0.29, 0.717) is 23.0 Å². The topological polar surface area (TPSA) is 35.8 Å². The molecular formula is C14H15ClN2. The van der Waals surface area contributed by atoms with Crippen LogP contribution >= 0.6 is 11.6 Å². The molecule has 0 aliphatic carbocycles. The van der Waals surface area contributed by atoms with E-state index < -0.39 is 0 Å². The first-order valence-corrected chi connectivity index (χ1v) is 5.84. The number of hydrogen-bond donors (Lipinski definition) is 1. The summed E-state index contributed by atoms with van der Waals surface area (Å²) in [6.45, 7) is 4.74. The molecule has 2 nitrogen and oxygen atoms in total. The van der Waals surface area contributed by atoms with Crippen LogP contribution in [0.2, 0.25) is 5.02 Å². The lowest BCUT2D eigenvalue weighted by molar-refractivity contribution is 0.476. The van der Waals surface area contributed by atoms with Crippen molar-refractivity contribution in [2.24, 2.45) is 5.92 Å². The minimum atomic E-state index is 0.0294. The zero-order valence-corrected chi connectivity index (χ0v) is 10.8. The van der Waals surface area contributed by atoms with Gasteiger partial charge in [0.15, 0.2) is 0 Å². The lowest BCUT2D eigenvalue weighted by Crippen LogP contribution is -2.31. The molecule has 0 aromatic heterocycles. The van der Waals surface area contributed by atoms with Gasteiger partial charge >= 0.3 is 0 Å². The minimum absolute atomic E-state index is 0.0294. The van der Waals surface area contributed by atoms with Crippen LogP contribution in [0.3, 0.4) is 0 Å². The Bertz CT molecular complexity index is 466. The summed E-state index contributed by atoms with van der Waals surface area (Å²) in [5, 5.41) is 12.6. The van der Waals surface area contributed by atoms with Crippen LogP contribution in [0.1, 0.15) is 25.0 Å². The Balaban J connectivity index is 2.71. The Labute approximate surface area is 108 Å². The zero-order valence-electron chi connectivity index (χ0n) is 10.00. The second-order valence-electron chi connectivity index (χ2n) is 4.19. The normalized spacial score (nSPS) is 11.9. The van der Waals surface area contributed by atoms with Crippen molar-refractivity contribution in [3.05, 3.63) is 34.3 Å². The predicted molar refractivity (Wildman–Crippen MR) is 70.5 cm³/mol. The Morgan fingerprint density at radius 3 is 2.65 bits per heavy atom. The summed E-state index contributed by atoms with van der Waals surface area (Å²) in [5.74, 6) is 3.08. The van der Waals surface area contributed by atoms with E-state index in [2.05, 4.69) is 31.2 Å². The Morgan fingerprint density at radius 1 is 1.47 bits per heavy atom. The lowest BCUT2D eigenvalue weighted by Gasteiger charge is -2.17. The van der Waals surface area contributed by atoms with Crippen molar-refractivity contribution in [1.82, 2.24) is 5.32 Å². The van der Waals surface area contributed by atoms with Crippen LogP contribution in [0.5, 0.6) is 0 Å². The number of terminal acetylenes is 1. The smallest absolute Gasteiger partial charge is 0.0992 e. The van der Waals surface area contributed by atoms with Crippen molar-refractivity contribution in [1.29, 1.82) is 5.26 Å². The van der Waals surface area contributed by atoms with E-state index in [1.807, 2.05) is 6.07 Å². The van der Waals surface area contributed by atoms with Crippen molar-refractivity contribution >= 4 is 11.6 Å². The van der Waals surface area contributed by atoms with Gasteiger partial charge in [-0.15, -0.1) is 6.42 Å². The van der Waals surface area contributed by atoms with Gasteiger partial charge in [-0.05, 0) is 23.6 Å². The fraction of sp³-hybridized carbons (Fsp3) is 0.357. The van der Waals surface area contributed by atoms with E-state index in [4.69, 9.17) is 23.3 Å². The maximum absolute atomic E-state index is 8.73. The highest BCUT2D eigenvalue weighted by molar-refractivity contribution is 6.31. The molecule has 0 radical (unpaired) electrons. The molecule has 1 aromatic rings. The first kappa shape index (κ1) is 13.6. The van der Waals surface area contributed by atoms with E-state index >= 15 is 0 Å². The van der Waals surface area contributed by atoms with Crippen LogP contribution in [0.25, 0.3) is 0 Å². The molecule has 0 saturated heterocycles. The maximum atomic E-state index is 8.73. The predicted octanol–water partition coefficient (Wildman–Crippen LogP) is 2.96. The van der Waals surface area contributed by atoms with Gasteiger partial charge in [-0.1, -0.05) is 37.4 Å². The first-order valence-electron chi connectivity index (χ1n) is 5.46. The van der Waals surface area contributed by atoms with E-state index in [9.17, 15) is 0 Å². The van der Waals surface area contributed by atoms with Gasteiger partial charge in [0.25, 0.3) is 0 Å². The number of benzene rings is 1. The maximum Gasteiger partial charge on any atom is 0.0992 e. The third-order valence-corrected chi connectivity index (χ3v) is 2.89. The van der Waals surface area contributed by atoms with Gasteiger partial charge in [0, 0.05) is 11.6 Å². The van der Waals surface area contributed by atoms with Crippen LogP contribution in [0, 0.1) is 29.6 Å². The van der Waals surface area contributed by atoms with E-state index in [0.717, 1.165) is 5.56 Å². The molecule has 17 heavy (non-hydrogen) atoms. The molecule has 0 saturated carbocycles. The highest BCUT2D eigenvalue weighted by atomic mass is 35.5. The lowest BCUT2D eigenvalue weighted by atomic mass is 10.0. The van der Waals surface area contributed by atoms with Crippen molar-refractivity contribution < 1.29 is 0 Å². The van der Waals surface area contributed by atoms with Gasteiger partial charge in [0.05, 0.1) is 17.7 Å². The van der Waals surface area contributed by atoms with Crippen LogP contribution in [-0.2, 0) is 6.54 Å². The third kappa shape index (κ3) is 3.79. The average molecular weight is 247 g/mol. The molecule has 0 bridgehead atoms. The number of nitrogens with one attached hydrogen (secondary N) is 1. The molecule has 0 fully saturated rings. The largest absolute Gasteiger partial charge is 0.299 e. The molecule has 1 aromatic carbocycles. The SMILES string of the molecule is C#CC(NCc1ccc(C#N)cc1Cl)C(C)C. The number of hydrogen-bond acceptors (Lipinski definition) is 2. The van der Waals surface area contributed by atoms with Crippen molar-refractivity contribution in [2.45, 2.75) is 26.4 Å². The highest BCUT2D eigenvalue weighted by Crippen LogP contribution is 2.17. The van der Waals surface area contributed by atoms with Crippen molar-refractivity contribution in [3.63, 3.8) is 0 Å². The molecule has 3 heteroatoms.